The summed E-state index contributed by atoms with van der Waals surface area (Å²) in [5.74, 6) is 0.356. The molecule has 7 nitrogen and oxygen atoms in total. The Hall–Kier alpha value is -2.44. The van der Waals surface area contributed by atoms with E-state index in [9.17, 15) is 19.7 Å². The first-order valence-corrected chi connectivity index (χ1v) is 7.67. The van der Waals surface area contributed by atoms with Crippen LogP contribution in [0.15, 0.2) is 18.2 Å². The Balaban J connectivity index is 1.93. The summed E-state index contributed by atoms with van der Waals surface area (Å²) in [6.45, 7) is 1.90. The first-order valence-electron chi connectivity index (χ1n) is 7.67. The van der Waals surface area contributed by atoms with Crippen LogP contribution < -0.4 is 10.1 Å². The topological polar surface area (TPSA) is 98.5 Å². The molecule has 0 spiro atoms. The number of nitro benzene ring substituents is 1. The average molecular weight is 320 g/mol. The van der Waals surface area contributed by atoms with Gasteiger partial charge in [-0.15, -0.1) is 0 Å². The van der Waals surface area contributed by atoms with Crippen LogP contribution in [-0.4, -0.2) is 29.8 Å². The van der Waals surface area contributed by atoms with Gasteiger partial charge in [-0.25, -0.2) is 0 Å². The van der Waals surface area contributed by atoms with E-state index < -0.39 is 4.92 Å². The van der Waals surface area contributed by atoms with Crippen LogP contribution in [0.5, 0.6) is 5.75 Å². The Labute approximate surface area is 134 Å². The highest BCUT2D eigenvalue weighted by Gasteiger charge is 2.23. The van der Waals surface area contributed by atoms with Crippen molar-refractivity contribution in [2.75, 3.05) is 6.61 Å². The normalized spacial score (nSPS) is 20.6. The highest BCUT2D eigenvalue weighted by atomic mass is 16.6. The van der Waals surface area contributed by atoms with Crippen molar-refractivity contribution in [3.8, 4) is 5.75 Å². The van der Waals surface area contributed by atoms with Crippen molar-refractivity contribution in [3.05, 3.63) is 33.9 Å². The van der Waals surface area contributed by atoms with Crippen molar-refractivity contribution in [3.63, 3.8) is 0 Å². The van der Waals surface area contributed by atoms with E-state index in [1.165, 1.54) is 18.6 Å². The second-order valence-corrected chi connectivity index (χ2v) is 5.82. The van der Waals surface area contributed by atoms with Crippen LogP contribution in [0.3, 0.4) is 0 Å². The third-order valence-electron chi connectivity index (χ3n) is 4.15. The highest BCUT2D eigenvalue weighted by molar-refractivity contribution is 5.82. The van der Waals surface area contributed by atoms with Crippen LogP contribution in [0, 0.1) is 16.0 Å². The number of rotatable bonds is 6. The maximum atomic E-state index is 12.0. The van der Waals surface area contributed by atoms with Gasteiger partial charge in [0.2, 0.25) is 0 Å². The number of aldehydes is 1. The number of hydrogen-bond acceptors (Lipinski definition) is 5. The SMILES string of the molecule is C[C@H]1CCCC[C@H]1NC(=O)COc1ccc([N+](=O)[O-])cc1C=O. The second-order valence-electron chi connectivity index (χ2n) is 5.82. The predicted molar refractivity (Wildman–Crippen MR) is 83.5 cm³/mol. The van der Waals surface area contributed by atoms with Crippen LogP contribution in [0.1, 0.15) is 43.0 Å². The summed E-state index contributed by atoms with van der Waals surface area (Å²) in [5, 5.41) is 13.6. The van der Waals surface area contributed by atoms with Crippen molar-refractivity contribution >= 4 is 17.9 Å². The molecule has 2 rings (SSSR count). The minimum absolute atomic E-state index is 0.0537. The first kappa shape index (κ1) is 16.9. The molecule has 0 aromatic heterocycles. The third kappa shape index (κ3) is 4.51. The first-order chi connectivity index (χ1) is 11.0. The molecule has 0 aliphatic heterocycles. The molecule has 7 heteroatoms. The number of nitro groups is 1. The molecule has 1 aliphatic carbocycles. The van der Waals surface area contributed by atoms with Crippen molar-refractivity contribution in [1.29, 1.82) is 0 Å². The molecule has 1 amide bonds. The van der Waals surface area contributed by atoms with Gasteiger partial charge in [0.1, 0.15) is 5.75 Å². The van der Waals surface area contributed by atoms with Gasteiger partial charge < -0.3 is 10.1 Å². The predicted octanol–water partition coefficient (Wildman–Crippen LogP) is 2.48. The maximum Gasteiger partial charge on any atom is 0.270 e. The van der Waals surface area contributed by atoms with Gasteiger partial charge in [-0.2, -0.15) is 0 Å². The Kier molecular flexibility index (Phi) is 5.67. The number of ether oxygens (including phenoxy) is 1. The van der Waals surface area contributed by atoms with Crippen molar-refractivity contribution < 1.29 is 19.2 Å². The molecular weight excluding hydrogens is 300 g/mol. The van der Waals surface area contributed by atoms with Crippen LogP contribution >= 0.6 is 0 Å². The lowest BCUT2D eigenvalue weighted by Crippen LogP contribution is -2.43. The molecule has 2 atom stereocenters. The summed E-state index contributed by atoms with van der Waals surface area (Å²) < 4.78 is 5.34. The number of amides is 1. The fraction of sp³-hybridized carbons (Fsp3) is 0.500. The van der Waals surface area contributed by atoms with Crippen molar-refractivity contribution in [2.24, 2.45) is 5.92 Å². The van der Waals surface area contributed by atoms with Gasteiger partial charge in [0, 0.05) is 18.2 Å². The van der Waals surface area contributed by atoms with E-state index in [-0.39, 0.29) is 35.6 Å². The molecule has 0 unspecified atom stereocenters. The highest BCUT2D eigenvalue weighted by Crippen LogP contribution is 2.24. The Bertz CT molecular complexity index is 602. The minimum atomic E-state index is -0.589. The average Bonchev–Trinajstić information content (AvgIpc) is 2.54. The van der Waals surface area contributed by atoms with E-state index in [0.717, 1.165) is 25.3 Å². The number of benzene rings is 1. The molecule has 1 saturated carbocycles. The summed E-state index contributed by atoms with van der Waals surface area (Å²) in [6.07, 6.45) is 4.83. The summed E-state index contributed by atoms with van der Waals surface area (Å²) in [4.78, 5) is 33.1. The Morgan fingerprint density at radius 2 is 2.17 bits per heavy atom. The quantitative estimate of drug-likeness (QED) is 0.493. The summed E-state index contributed by atoms with van der Waals surface area (Å²) in [5.41, 5.74) is -0.141. The van der Waals surface area contributed by atoms with Crippen LogP contribution in [0.25, 0.3) is 0 Å². The van der Waals surface area contributed by atoms with Crippen molar-refractivity contribution in [1.82, 2.24) is 5.32 Å². The molecule has 1 aromatic rings. The molecule has 1 fully saturated rings. The molecule has 1 aliphatic rings. The zero-order valence-corrected chi connectivity index (χ0v) is 13.0. The van der Waals surface area contributed by atoms with Crippen molar-refractivity contribution in [2.45, 2.75) is 38.6 Å². The Morgan fingerprint density at radius 3 is 2.83 bits per heavy atom. The third-order valence-corrected chi connectivity index (χ3v) is 4.15. The van der Waals surface area contributed by atoms with E-state index >= 15 is 0 Å². The van der Waals surface area contributed by atoms with Gasteiger partial charge in [0.25, 0.3) is 11.6 Å². The molecule has 124 valence electrons. The number of nitrogens with one attached hydrogen (secondary N) is 1. The fourth-order valence-electron chi connectivity index (χ4n) is 2.80. The monoisotopic (exact) mass is 320 g/mol. The maximum absolute atomic E-state index is 12.0. The number of non-ortho nitro benzene ring substituents is 1. The van der Waals surface area contributed by atoms with Gasteiger partial charge in [0.05, 0.1) is 10.5 Å². The molecule has 1 aromatic carbocycles. The summed E-state index contributed by atoms with van der Waals surface area (Å²) in [6, 6.07) is 3.85. The lowest BCUT2D eigenvalue weighted by Gasteiger charge is -2.29. The summed E-state index contributed by atoms with van der Waals surface area (Å²) in [7, 11) is 0. The van der Waals surface area contributed by atoms with E-state index in [2.05, 4.69) is 12.2 Å². The van der Waals surface area contributed by atoms with Gasteiger partial charge in [0.15, 0.2) is 12.9 Å². The van der Waals surface area contributed by atoms with E-state index in [1.54, 1.807) is 0 Å². The molecule has 0 heterocycles. The van der Waals surface area contributed by atoms with Crippen LogP contribution in [0.2, 0.25) is 0 Å². The largest absolute Gasteiger partial charge is 0.483 e. The van der Waals surface area contributed by atoms with E-state index in [0.29, 0.717) is 12.2 Å². The number of carbonyl (C=O) groups excluding carboxylic acids is 2. The minimum Gasteiger partial charge on any atom is -0.483 e. The van der Waals surface area contributed by atoms with E-state index in [4.69, 9.17) is 4.74 Å². The number of carbonyl (C=O) groups is 2. The summed E-state index contributed by atoms with van der Waals surface area (Å²) >= 11 is 0. The zero-order chi connectivity index (χ0) is 16.8. The smallest absolute Gasteiger partial charge is 0.270 e. The van der Waals surface area contributed by atoms with Gasteiger partial charge in [-0.3, -0.25) is 19.7 Å². The number of hydrogen-bond donors (Lipinski definition) is 1. The lowest BCUT2D eigenvalue weighted by molar-refractivity contribution is -0.384. The molecular formula is C16H20N2O5. The second kappa shape index (κ2) is 7.71. The molecule has 0 bridgehead atoms. The van der Waals surface area contributed by atoms with Gasteiger partial charge in [-0.05, 0) is 24.8 Å². The van der Waals surface area contributed by atoms with Gasteiger partial charge in [-0.1, -0.05) is 19.8 Å². The fourth-order valence-corrected chi connectivity index (χ4v) is 2.80. The molecule has 0 saturated heterocycles. The molecule has 23 heavy (non-hydrogen) atoms. The van der Waals surface area contributed by atoms with E-state index in [1.807, 2.05) is 0 Å². The zero-order valence-electron chi connectivity index (χ0n) is 13.0. The Morgan fingerprint density at radius 1 is 1.43 bits per heavy atom. The lowest BCUT2D eigenvalue weighted by atomic mass is 9.86. The van der Waals surface area contributed by atoms with Gasteiger partial charge >= 0.3 is 0 Å². The standard InChI is InChI=1S/C16H20N2O5/c1-11-4-2-3-5-14(11)17-16(20)10-23-15-7-6-13(18(21)22)8-12(15)9-19/h6-9,11,14H,2-5,10H2,1H3,(H,17,20)/t11-,14+/m0/s1. The molecule has 0 radical (unpaired) electrons. The van der Waals surface area contributed by atoms with Crippen LogP contribution in [0.4, 0.5) is 5.69 Å². The molecule has 1 N–H and O–H groups in total. The number of nitrogens with zero attached hydrogens (tertiary/aromatic N) is 1. The van der Waals surface area contributed by atoms with Crippen LogP contribution in [-0.2, 0) is 4.79 Å².